The Balaban J connectivity index is -0.000000995. The van der Waals surface area contributed by atoms with Crippen molar-refractivity contribution in [2.75, 3.05) is 53.1 Å². The molecule has 22 heteroatoms. The normalized spacial score (nSPS) is 14.8. The molecule has 0 aromatic rings. The maximum absolute atomic E-state index is 13.1. The van der Waals surface area contributed by atoms with Crippen LogP contribution in [0.5, 0.6) is 0 Å². The summed E-state index contributed by atoms with van der Waals surface area (Å²) in [5, 5.41) is 26.2. The van der Waals surface area contributed by atoms with E-state index in [1.54, 1.807) is 0 Å². The summed E-state index contributed by atoms with van der Waals surface area (Å²) < 4.78 is 165. The smallest absolute Gasteiger partial charge is 0.453 e. The zero-order valence-corrected chi connectivity index (χ0v) is 26.2. The molecular formula is C17H25F11O10Rf-2. The fourth-order valence-corrected chi connectivity index (χ4v) is 1.67. The molecule has 39 heavy (non-hydrogen) atoms. The predicted molar refractivity (Wildman–Crippen MR) is 97.3 cm³/mol. The quantitative estimate of drug-likeness (QED) is 0.0955. The fraction of sp³-hybridized carbons (Fsp3) is 0.882. The molecule has 0 saturated heterocycles. The second kappa shape index (κ2) is 18.2. The van der Waals surface area contributed by atoms with Crippen LogP contribution in [0.15, 0.2) is 0 Å². The van der Waals surface area contributed by atoms with E-state index in [-0.39, 0.29) is 26.4 Å². The molecule has 0 aliphatic heterocycles. The molecule has 0 aromatic heterocycles. The molecule has 0 amide bonds. The number of alkyl halides is 11. The van der Waals surface area contributed by atoms with Gasteiger partial charge in [-0.2, -0.15) is 43.9 Å². The molecule has 0 saturated carbocycles. The minimum Gasteiger partial charge on any atom is -0.553 e. The largest absolute Gasteiger partial charge is 0.553 e. The van der Waals surface area contributed by atoms with E-state index in [0.29, 0.717) is 0 Å². The Bertz CT molecular complexity index is 624. The molecule has 2 atom stereocenters. The van der Waals surface area contributed by atoms with Crippen LogP contribution in [0, 0.1) is 14.2 Å². The van der Waals surface area contributed by atoms with Crippen LogP contribution in [0.3, 0.4) is 0 Å². The predicted octanol–water partition coefficient (Wildman–Crippen LogP) is 2.28. The van der Waals surface area contributed by atoms with E-state index in [1.165, 1.54) is 0 Å². The second-order valence-electron chi connectivity index (χ2n) is 6.52. The number of hydrogen-bond donors (Lipinski definition) is 3. The van der Waals surface area contributed by atoms with Gasteiger partial charge in [-0.15, -0.1) is 0 Å². The van der Waals surface area contributed by atoms with Gasteiger partial charge in [0.05, 0.1) is 38.6 Å². The van der Waals surface area contributed by atoms with Crippen molar-refractivity contribution < 1.29 is 96.8 Å². The molecule has 0 aliphatic rings. The molecule has 0 fully saturated rings. The molecule has 0 rings (SSSR count). The summed E-state index contributed by atoms with van der Waals surface area (Å²) in [6.45, 7) is -5.88. The van der Waals surface area contributed by atoms with Crippen molar-refractivity contribution in [3.05, 3.63) is 14.2 Å². The SMILES string of the molecule is [CH2-]OCC(O)COCC(F)(F)OC(F)(F)C(F)(F)OC(F)(F)C(F)(F)OCF.[CH2-]OCC(O)COCCO.[Rf]. The topological polar surface area (TPSA) is 125 Å². The summed E-state index contributed by atoms with van der Waals surface area (Å²) in [6.07, 6.45) is -33.7. The van der Waals surface area contributed by atoms with Gasteiger partial charge in [-0.25, -0.2) is 28.1 Å². The third-order valence-corrected chi connectivity index (χ3v) is 3.19. The standard InChI is InChI=1S/C11H12F11O6.C6H13O4.Rf/c1-24-2-6(23)3-25-4-7(13,14)27-10(19,20)11(21,22)28-9(17,18)8(15,16)26-5-12;1-9-4-6(8)5-10-3-2-7;/h6,23H,1-5H2;6-8H,1-5H2;/q2*-1;. The molecule has 0 heterocycles. The first kappa shape index (κ1) is 41.3. The summed E-state index contributed by atoms with van der Waals surface area (Å²) in [4.78, 5) is 0. The van der Waals surface area contributed by atoms with Crippen LogP contribution in [0.2, 0.25) is 0 Å². The Morgan fingerprint density at radius 1 is 0.641 bits per heavy atom. The number of aliphatic hydroxyl groups is 3. The molecule has 234 valence electrons. The first-order valence-corrected chi connectivity index (χ1v) is 9.59. The summed E-state index contributed by atoms with van der Waals surface area (Å²) in [6, 6.07) is 0. The van der Waals surface area contributed by atoms with E-state index < -0.39 is 69.4 Å². The fourth-order valence-electron chi connectivity index (χ4n) is 1.67. The Labute approximate surface area is 208 Å². The third-order valence-electron chi connectivity index (χ3n) is 3.19. The first-order valence-electron chi connectivity index (χ1n) is 9.59. The van der Waals surface area contributed by atoms with Gasteiger partial charge in [0.25, 0.3) is 0 Å². The first-order chi connectivity index (χ1) is 17.2. The molecule has 0 spiro atoms. The molecule has 0 bridgehead atoms. The molecular weight excluding hydrogens is 840 g/mol. The van der Waals surface area contributed by atoms with Crippen LogP contribution < -0.4 is 0 Å². The number of rotatable bonds is 20. The van der Waals surface area contributed by atoms with Gasteiger partial charge in [-0.05, 0) is 0 Å². The van der Waals surface area contributed by atoms with E-state index in [0.717, 1.165) is 0 Å². The van der Waals surface area contributed by atoms with Crippen LogP contribution in [0.1, 0.15) is 0 Å². The van der Waals surface area contributed by atoms with E-state index in [1.807, 2.05) is 4.74 Å². The van der Waals surface area contributed by atoms with E-state index >= 15 is 0 Å². The van der Waals surface area contributed by atoms with Crippen molar-refractivity contribution in [1.29, 1.82) is 0 Å². The molecule has 0 aromatic carbocycles. The van der Waals surface area contributed by atoms with Crippen LogP contribution in [-0.4, -0.2) is 111 Å². The van der Waals surface area contributed by atoms with Crippen molar-refractivity contribution >= 4 is 0 Å². The van der Waals surface area contributed by atoms with Crippen LogP contribution in [-0.2, 0) is 33.2 Å². The molecule has 3 N–H and O–H groups in total. The molecule has 0 aliphatic carbocycles. The van der Waals surface area contributed by atoms with E-state index in [2.05, 4.69) is 37.9 Å². The van der Waals surface area contributed by atoms with E-state index in [4.69, 9.17) is 20.1 Å². The van der Waals surface area contributed by atoms with Crippen LogP contribution in [0.4, 0.5) is 48.3 Å². The average Bonchev–Trinajstić information content (AvgIpc) is 2.73. The van der Waals surface area contributed by atoms with Gasteiger partial charge in [0.1, 0.15) is 6.61 Å². The molecule has 0 radical (unpaired) electrons. The van der Waals surface area contributed by atoms with Crippen molar-refractivity contribution in [2.45, 2.75) is 42.8 Å². The monoisotopic (exact) mass is 865 g/mol. The molecule has 2 unspecified atom stereocenters. The minimum absolute atomic E-state index is 0. The number of hydrogen-bond acceptors (Lipinski definition) is 10. The van der Waals surface area contributed by atoms with Gasteiger partial charge in [-0.1, -0.05) is 0 Å². The van der Waals surface area contributed by atoms with Crippen LogP contribution in [0.25, 0.3) is 0 Å². The number of halogens is 11. The van der Waals surface area contributed by atoms with Crippen molar-refractivity contribution in [2.24, 2.45) is 0 Å². The second-order valence-corrected chi connectivity index (χ2v) is 6.52. The summed E-state index contributed by atoms with van der Waals surface area (Å²) in [5.41, 5.74) is 0. The zero-order chi connectivity index (χ0) is 30.3. The van der Waals surface area contributed by atoms with Crippen molar-refractivity contribution in [3.63, 3.8) is 0 Å². The minimum atomic E-state index is -6.77. The van der Waals surface area contributed by atoms with Crippen molar-refractivity contribution in [3.8, 4) is 0 Å². The van der Waals surface area contributed by atoms with Gasteiger partial charge in [0.15, 0.2) is 6.86 Å². The van der Waals surface area contributed by atoms with Crippen molar-refractivity contribution in [1.82, 2.24) is 0 Å². The summed E-state index contributed by atoms with van der Waals surface area (Å²) in [5.74, 6) is 0. The Kier molecular flexibility index (Phi) is 19.3. The third kappa shape index (κ3) is 16.5. The number of aliphatic hydroxyl groups excluding tert-OH is 3. The Morgan fingerprint density at radius 3 is 1.46 bits per heavy atom. The van der Waals surface area contributed by atoms with Gasteiger partial charge in [-0.3, -0.25) is 4.74 Å². The summed E-state index contributed by atoms with van der Waals surface area (Å²) >= 11 is 0. The van der Waals surface area contributed by atoms with Gasteiger partial charge >= 0.3 is 30.5 Å². The van der Waals surface area contributed by atoms with Gasteiger partial charge in [0, 0.05) is 13.2 Å². The van der Waals surface area contributed by atoms with Gasteiger partial charge < -0.3 is 34.3 Å². The average molecular weight is 865 g/mol. The zero-order valence-electron chi connectivity index (χ0n) is 19.8. The Hall–Kier alpha value is -2.17. The van der Waals surface area contributed by atoms with E-state index in [9.17, 15) is 48.3 Å². The van der Waals surface area contributed by atoms with Crippen LogP contribution >= 0.6 is 0 Å². The summed E-state index contributed by atoms with van der Waals surface area (Å²) in [7, 11) is 5.88. The maximum atomic E-state index is 13.1. The number of ether oxygens (including phenoxy) is 7. The Morgan fingerprint density at radius 2 is 1.05 bits per heavy atom. The molecule has 10 nitrogen and oxygen atoms in total. The van der Waals surface area contributed by atoms with Gasteiger partial charge in [0.2, 0.25) is 0 Å². The maximum Gasteiger partial charge on any atom is 0.453 e.